The van der Waals surface area contributed by atoms with Crippen molar-refractivity contribution in [3.8, 4) is 0 Å². The van der Waals surface area contributed by atoms with Gasteiger partial charge in [-0.05, 0) is 6.07 Å². The molecule has 1 heterocycles. The third-order valence-corrected chi connectivity index (χ3v) is 2.29. The smallest absolute Gasteiger partial charge is 0.270 e. The summed E-state index contributed by atoms with van der Waals surface area (Å²) in [6.45, 7) is 0.491. The number of nitrogens with zero attached hydrogens (tertiary/aromatic N) is 3. The van der Waals surface area contributed by atoms with Gasteiger partial charge in [0.15, 0.2) is 0 Å². The Balaban J connectivity index is 2.42. The highest BCUT2D eigenvalue weighted by atomic mass is 16.6. The maximum Gasteiger partial charge on any atom is 0.270 e. The van der Waals surface area contributed by atoms with Crippen LogP contribution >= 0.6 is 0 Å². The Kier molecular flexibility index (Phi) is 2.63. The number of non-ortho nitro benzene ring substituents is 1. The molecular weight excluding hydrogens is 210 g/mol. The van der Waals surface area contributed by atoms with Crippen molar-refractivity contribution >= 4 is 22.9 Å². The number of aldehydes is 1. The lowest BCUT2D eigenvalue weighted by Gasteiger charge is -1.99. The van der Waals surface area contributed by atoms with Crippen LogP contribution < -0.4 is 0 Å². The van der Waals surface area contributed by atoms with Crippen LogP contribution in [0.2, 0.25) is 0 Å². The van der Waals surface area contributed by atoms with Crippen LogP contribution in [0.1, 0.15) is 6.42 Å². The van der Waals surface area contributed by atoms with Gasteiger partial charge in [0.05, 0.1) is 16.6 Å². The van der Waals surface area contributed by atoms with E-state index in [1.54, 1.807) is 16.9 Å². The van der Waals surface area contributed by atoms with Crippen molar-refractivity contribution in [1.29, 1.82) is 0 Å². The van der Waals surface area contributed by atoms with Crippen molar-refractivity contribution in [1.82, 2.24) is 9.78 Å². The lowest BCUT2D eigenvalue weighted by Crippen LogP contribution is -1.99. The molecule has 0 saturated heterocycles. The fourth-order valence-corrected chi connectivity index (χ4v) is 1.54. The molecule has 2 aromatic rings. The maximum atomic E-state index is 10.6. The molecular formula is C10H9N3O3. The molecule has 0 bridgehead atoms. The zero-order valence-corrected chi connectivity index (χ0v) is 8.37. The zero-order valence-electron chi connectivity index (χ0n) is 8.37. The number of nitro groups is 1. The molecule has 0 amide bonds. The minimum atomic E-state index is -0.442. The normalized spacial score (nSPS) is 10.5. The number of aryl methyl sites for hydroxylation is 1. The van der Waals surface area contributed by atoms with E-state index in [1.807, 2.05) is 0 Å². The van der Waals surface area contributed by atoms with E-state index in [4.69, 9.17) is 0 Å². The molecule has 6 nitrogen and oxygen atoms in total. The maximum absolute atomic E-state index is 10.6. The van der Waals surface area contributed by atoms with E-state index in [0.717, 1.165) is 11.8 Å². The summed E-state index contributed by atoms with van der Waals surface area (Å²) in [4.78, 5) is 20.4. The average Bonchev–Trinajstić information content (AvgIpc) is 2.68. The Morgan fingerprint density at radius 3 is 3.00 bits per heavy atom. The Morgan fingerprint density at radius 2 is 2.31 bits per heavy atom. The Bertz CT molecular complexity index is 547. The van der Waals surface area contributed by atoms with Gasteiger partial charge < -0.3 is 4.79 Å². The predicted octanol–water partition coefficient (Wildman–Crippen LogP) is 1.53. The minimum absolute atomic E-state index is 0.0439. The summed E-state index contributed by atoms with van der Waals surface area (Å²) in [5.41, 5.74) is 0.842. The summed E-state index contributed by atoms with van der Waals surface area (Å²) < 4.78 is 1.66. The number of aromatic nitrogens is 2. The Hall–Kier alpha value is -2.24. The molecule has 16 heavy (non-hydrogen) atoms. The van der Waals surface area contributed by atoms with Crippen LogP contribution in [0.4, 0.5) is 5.69 Å². The average molecular weight is 219 g/mol. The molecule has 1 aromatic carbocycles. The van der Waals surface area contributed by atoms with Crippen molar-refractivity contribution in [3.05, 3.63) is 34.5 Å². The Labute approximate surface area is 90.6 Å². The largest absolute Gasteiger partial charge is 0.303 e. The first kappa shape index (κ1) is 10.3. The van der Waals surface area contributed by atoms with Gasteiger partial charge >= 0.3 is 0 Å². The first-order valence-electron chi connectivity index (χ1n) is 4.76. The number of hydrogen-bond donors (Lipinski definition) is 0. The third kappa shape index (κ3) is 1.77. The van der Waals surface area contributed by atoms with Gasteiger partial charge in [-0.3, -0.25) is 14.8 Å². The first-order valence-corrected chi connectivity index (χ1v) is 4.76. The zero-order chi connectivity index (χ0) is 11.5. The van der Waals surface area contributed by atoms with Gasteiger partial charge in [-0.2, -0.15) is 5.10 Å². The first-order chi connectivity index (χ1) is 7.72. The van der Waals surface area contributed by atoms with Gasteiger partial charge in [-0.15, -0.1) is 0 Å². The summed E-state index contributed by atoms with van der Waals surface area (Å²) in [5.74, 6) is 0. The molecule has 0 radical (unpaired) electrons. The van der Waals surface area contributed by atoms with E-state index in [0.29, 0.717) is 18.4 Å². The third-order valence-electron chi connectivity index (χ3n) is 2.29. The fraction of sp³-hybridized carbons (Fsp3) is 0.200. The van der Waals surface area contributed by atoms with Crippen LogP contribution in [0.5, 0.6) is 0 Å². The van der Waals surface area contributed by atoms with Crippen LogP contribution in [0.3, 0.4) is 0 Å². The number of hydrogen-bond acceptors (Lipinski definition) is 4. The monoisotopic (exact) mass is 219 g/mol. The van der Waals surface area contributed by atoms with Gasteiger partial charge in [-0.1, -0.05) is 0 Å². The second-order valence-corrected chi connectivity index (χ2v) is 3.32. The number of benzene rings is 1. The molecule has 0 saturated carbocycles. The molecule has 0 N–H and O–H groups in total. The van der Waals surface area contributed by atoms with Crippen molar-refractivity contribution < 1.29 is 9.72 Å². The van der Waals surface area contributed by atoms with Gasteiger partial charge in [0.1, 0.15) is 6.29 Å². The van der Waals surface area contributed by atoms with Crippen LogP contribution in [0, 0.1) is 10.1 Å². The number of nitro benzene ring substituents is 1. The lowest BCUT2D eigenvalue weighted by molar-refractivity contribution is -0.384. The summed E-state index contributed by atoms with van der Waals surface area (Å²) in [5, 5.41) is 15.3. The van der Waals surface area contributed by atoms with Crippen molar-refractivity contribution in [2.75, 3.05) is 0 Å². The van der Waals surface area contributed by atoms with E-state index < -0.39 is 4.92 Å². The summed E-state index contributed by atoms with van der Waals surface area (Å²) in [6, 6.07) is 4.55. The van der Waals surface area contributed by atoms with Crippen LogP contribution in [0.25, 0.3) is 10.9 Å². The molecule has 0 atom stereocenters. The molecule has 82 valence electrons. The molecule has 0 spiro atoms. The van der Waals surface area contributed by atoms with E-state index >= 15 is 0 Å². The van der Waals surface area contributed by atoms with Gasteiger partial charge in [-0.25, -0.2) is 0 Å². The summed E-state index contributed by atoms with van der Waals surface area (Å²) in [6.07, 6.45) is 2.76. The van der Waals surface area contributed by atoms with Gasteiger partial charge in [0.2, 0.25) is 0 Å². The minimum Gasteiger partial charge on any atom is -0.303 e. The predicted molar refractivity (Wildman–Crippen MR) is 57.1 cm³/mol. The van der Waals surface area contributed by atoms with E-state index in [-0.39, 0.29) is 5.69 Å². The van der Waals surface area contributed by atoms with Crippen LogP contribution in [0.15, 0.2) is 24.4 Å². The van der Waals surface area contributed by atoms with Crippen molar-refractivity contribution in [3.63, 3.8) is 0 Å². The summed E-state index contributed by atoms with van der Waals surface area (Å²) in [7, 11) is 0. The number of fused-ring (bicyclic) bond motifs is 1. The number of carbonyl (C=O) groups excluding carboxylic acids is 1. The molecule has 0 fully saturated rings. The molecule has 0 unspecified atom stereocenters. The van der Waals surface area contributed by atoms with E-state index in [1.165, 1.54) is 12.1 Å². The van der Waals surface area contributed by atoms with Crippen molar-refractivity contribution in [2.24, 2.45) is 0 Å². The van der Waals surface area contributed by atoms with E-state index in [2.05, 4.69) is 5.10 Å². The second kappa shape index (κ2) is 4.09. The van der Waals surface area contributed by atoms with Crippen LogP contribution in [-0.4, -0.2) is 21.0 Å². The number of rotatable bonds is 4. The molecule has 1 aromatic heterocycles. The quantitative estimate of drug-likeness (QED) is 0.443. The van der Waals surface area contributed by atoms with Gasteiger partial charge in [0.25, 0.3) is 5.69 Å². The highest BCUT2D eigenvalue weighted by Crippen LogP contribution is 2.20. The molecule has 0 aliphatic heterocycles. The molecule has 0 aliphatic rings. The van der Waals surface area contributed by atoms with Gasteiger partial charge in [0, 0.05) is 30.5 Å². The Morgan fingerprint density at radius 1 is 1.50 bits per heavy atom. The highest BCUT2D eigenvalue weighted by molar-refractivity contribution is 5.81. The number of carbonyl (C=O) groups is 1. The molecule has 6 heteroatoms. The SMILES string of the molecule is O=CCCn1ncc2cc([N+](=O)[O-])ccc21. The second-order valence-electron chi connectivity index (χ2n) is 3.32. The molecule has 0 aliphatic carbocycles. The lowest BCUT2D eigenvalue weighted by atomic mass is 10.2. The van der Waals surface area contributed by atoms with Crippen LogP contribution in [-0.2, 0) is 11.3 Å². The van der Waals surface area contributed by atoms with Crippen molar-refractivity contribution in [2.45, 2.75) is 13.0 Å². The highest BCUT2D eigenvalue weighted by Gasteiger charge is 2.09. The standard InChI is InChI=1S/C10H9N3O3/c14-5-1-4-12-10-3-2-9(13(15)16)6-8(10)7-11-12/h2-3,5-7H,1,4H2. The van der Waals surface area contributed by atoms with E-state index in [9.17, 15) is 14.9 Å². The molecule has 2 rings (SSSR count). The summed E-state index contributed by atoms with van der Waals surface area (Å²) >= 11 is 0. The fourth-order valence-electron chi connectivity index (χ4n) is 1.54. The topological polar surface area (TPSA) is 78.0 Å².